The predicted octanol–water partition coefficient (Wildman–Crippen LogP) is 3.41. The smallest absolute Gasteiger partial charge is 0.0741 e. The quantitative estimate of drug-likeness (QED) is 0.768. The fourth-order valence-electron chi connectivity index (χ4n) is 1.95. The highest BCUT2D eigenvalue weighted by molar-refractivity contribution is 5.84. The second-order valence-corrected chi connectivity index (χ2v) is 4.65. The molecule has 2 aromatic rings. The third kappa shape index (κ3) is 2.12. The van der Waals surface area contributed by atoms with Crippen molar-refractivity contribution in [3.8, 4) is 0 Å². The normalized spacial score (nSPS) is 11.6. The summed E-state index contributed by atoms with van der Waals surface area (Å²) in [5, 5.41) is 1.30. The molecule has 0 radical (unpaired) electrons. The van der Waals surface area contributed by atoms with Crippen LogP contribution in [0.1, 0.15) is 25.0 Å². The van der Waals surface area contributed by atoms with E-state index in [1.54, 1.807) is 0 Å². The average Bonchev–Trinajstić information content (AvgIpc) is 2.53. The molecule has 0 amide bonds. The molecule has 1 aromatic heterocycles. The minimum absolute atomic E-state index is 0.278. The van der Waals surface area contributed by atoms with E-state index in [1.165, 1.54) is 22.0 Å². The minimum Gasteiger partial charge on any atom is -0.374 e. The first-order valence-electron chi connectivity index (χ1n) is 5.74. The number of benzene rings is 1. The predicted molar refractivity (Wildman–Crippen MR) is 67.6 cm³/mol. The van der Waals surface area contributed by atoms with E-state index < -0.39 is 0 Å². The minimum atomic E-state index is 0.278. The Morgan fingerprint density at radius 2 is 2.06 bits per heavy atom. The van der Waals surface area contributed by atoms with Gasteiger partial charge in [0.2, 0.25) is 0 Å². The molecule has 0 aliphatic rings. The topological polar surface area (TPSA) is 14.2 Å². The molecular weight excluding hydrogens is 198 g/mol. The first-order valence-corrected chi connectivity index (χ1v) is 5.74. The second kappa shape index (κ2) is 4.30. The fraction of sp³-hybridized carbons (Fsp3) is 0.429. The van der Waals surface area contributed by atoms with E-state index in [0.29, 0.717) is 6.61 Å². The van der Waals surface area contributed by atoms with Crippen molar-refractivity contribution in [1.29, 1.82) is 0 Å². The molecule has 0 spiro atoms. The highest BCUT2D eigenvalue weighted by atomic mass is 16.5. The van der Waals surface area contributed by atoms with Gasteiger partial charge in [0, 0.05) is 29.7 Å². The monoisotopic (exact) mass is 217 g/mol. The van der Waals surface area contributed by atoms with Gasteiger partial charge in [-0.3, -0.25) is 0 Å². The van der Waals surface area contributed by atoms with Gasteiger partial charge in [0.05, 0.1) is 12.7 Å². The SMILES string of the molecule is Cc1ccc2c(COC(C)C)cn(C)c2c1. The number of rotatable bonds is 3. The molecule has 0 fully saturated rings. The van der Waals surface area contributed by atoms with E-state index in [9.17, 15) is 0 Å². The molecular formula is C14H19NO. The Morgan fingerprint density at radius 3 is 2.75 bits per heavy atom. The lowest BCUT2D eigenvalue weighted by molar-refractivity contribution is 0.0663. The van der Waals surface area contributed by atoms with E-state index in [2.05, 4.69) is 56.8 Å². The molecule has 2 rings (SSSR count). The maximum absolute atomic E-state index is 5.67. The molecule has 0 saturated carbocycles. The maximum atomic E-state index is 5.67. The van der Waals surface area contributed by atoms with Crippen molar-refractivity contribution in [3.63, 3.8) is 0 Å². The van der Waals surface area contributed by atoms with Gasteiger partial charge in [-0.15, -0.1) is 0 Å². The molecule has 1 heterocycles. The van der Waals surface area contributed by atoms with Crippen LogP contribution in [0.5, 0.6) is 0 Å². The van der Waals surface area contributed by atoms with Gasteiger partial charge in [0.1, 0.15) is 0 Å². The van der Waals surface area contributed by atoms with Gasteiger partial charge < -0.3 is 9.30 Å². The van der Waals surface area contributed by atoms with Crippen LogP contribution in [0, 0.1) is 6.92 Å². The molecule has 2 nitrogen and oxygen atoms in total. The molecule has 0 atom stereocenters. The van der Waals surface area contributed by atoms with E-state index in [4.69, 9.17) is 4.74 Å². The zero-order chi connectivity index (χ0) is 11.7. The molecule has 0 saturated heterocycles. The summed E-state index contributed by atoms with van der Waals surface area (Å²) in [6, 6.07) is 6.55. The fourth-order valence-corrected chi connectivity index (χ4v) is 1.95. The van der Waals surface area contributed by atoms with Gasteiger partial charge >= 0.3 is 0 Å². The van der Waals surface area contributed by atoms with Crippen LogP contribution in [0.3, 0.4) is 0 Å². The number of fused-ring (bicyclic) bond motifs is 1. The Hall–Kier alpha value is -1.28. The van der Waals surface area contributed by atoms with E-state index in [0.717, 1.165) is 0 Å². The number of ether oxygens (including phenoxy) is 1. The van der Waals surface area contributed by atoms with Crippen molar-refractivity contribution in [1.82, 2.24) is 4.57 Å². The summed E-state index contributed by atoms with van der Waals surface area (Å²) in [5.41, 5.74) is 3.85. The van der Waals surface area contributed by atoms with Crippen molar-refractivity contribution < 1.29 is 4.74 Å². The van der Waals surface area contributed by atoms with Crippen LogP contribution >= 0.6 is 0 Å². The molecule has 0 aliphatic carbocycles. The third-order valence-electron chi connectivity index (χ3n) is 2.80. The number of hydrogen-bond acceptors (Lipinski definition) is 1. The molecule has 1 aromatic carbocycles. The lowest BCUT2D eigenvalue weighted by Crippen LogP contribution is -2.01. The molecule has 0 N–H and O–H groups in total. The van der Waals surface area contributed by atoms with E-state index in [-0.39, 0.29) is 6.10 Å². The highest BCUT2D eigenvalue weighted by Gasteiger charge is 2.07. The van der Waals surface area contributed by atoms with Gasteiger partial charge in [-0.25, -0.2) is 0 Å². The van der Waals surface area contributed by atoms with Gasteiger partial charge in [0.25, 0.3) is 0 Å². The largest absolute Gasteiger partial charge is 0.374 e. The Labute approximate surface area is 96.8 Å². The number of aryl methyl sites for hydroxylation is 2. The van der Waals surface area contributed by atoms with Crippen molar-refractivity contribution >= 4 is 10.9 Å². The Bertz CT molecular complexity index is 497. The zero-order valence-corrected chi connectivity index (χ0v) is 10.4. The van der Waals surface area contributed by atoms with Gasteiger partial charge in [-0.2, -0.15) is 0 Å². The molecule has 0 aliphatic heterocycles. The van der Waals surface area contributed by atoms with Gasteiger partial charge in [-0.05, 0) is 32.4 Å². The number of aromatic nitrogens is 1. The molecule has 86 valence electrons. The summed E-state index contributed by atoms with van der Waals surface area (Å²) < 4.78 is 7.83. The van der Waals surface area contributed by atoms with Crippen LogP contribution in [-0.2, 0) is 18.4 Å². The van der Waals surface area contributed by atoms with Crippen LogP contribution in [0.15, 0.2) is 24.4 Å². The van der Waals surface area contributed by atoms with Gasteiger partial charge in [-0.1, -0.05) is 12.1 Å². The summed E-state index contributed by atoms with van der Waals surface area (Å²) in [7, 11) is 2.08. The van der Waals surface area contributed by atoms with Crippen LogP contribution in [-0.4, -0.2) is 10.7 Å². The number of hydrogen-bond donors (Lipinski definition) is 0. The van der Waals surface area contributed by atoms with E-state index in [1.807, 2.05) is 0 Å². The number of nitrogens with zero attached hydrogens (tertiary/aromatic N) is 1. The Morgan fingerprint density at radius 1 is 1.31 bits per heavy atom. The highest BCUT2D eigenvalue weighted by Crippen LogP contribution is 2.22. The van der Waals surface area contributed by atoms with E-state index >= 15 is 0 Å². The molecule has 16 heavy (non-hydrogen) atoms. The molecule has 0 unspecified atom stereocenters. The molecule has 2 heteroatoms. The average molecular weight is 217 g/mol. The van der Waals surface area contributed by atoms with Crippen LogP contribution in [0.4, 0.5) is 0 Å². The van der Waals surface area contributed by atoms with Crippen molar-refractivity contribution in [2.24, 2.45) is 7.05 Å². The first-order chi connectivity index (χ1) is 7.58. The van der Waals surface area contributed by atoms with Gasteiger partial charge in [0.15, 0.2) is 0 Å². The Balaban J connectivity index is 2.39. The van der Waals surface area contributed by atoms with Crippen molar-refractivity contribution in [2.75, 3.05) is 0 Å². The standard InChI is InChI=1S/C14H19NO/c1-10(2)16-9-12-8-15(4)14-7-11(3)5-6-13(12)14/h5-8,10H,9H2,1-4H3. The zero-order valence-electron chi connectivity index (χ0n) is 10.4. The summed E-state index contributed by atoms with van der Waals surface area (Å²) in [6.45, 7) is 6.94. The lowest BCUT2D eigenvalue weighted by atomic mass is 10.1. The van der Waals surface area contributed by atoms with Crippen molar-refractivity contribution in [2.45, 2.75) is 33.5 Å². The summed E-state index contributed by atoms with van der Waals surface area (Å²) >= 11 is 0. The molecule has 0 bridgehead atoms. The Kier molecular flexibility index (Phi) is 3.01. The summed E-state index contributed by atoms with van der Waals surface area (Å²) in [6.07, 6.45) is 2.44. The maximum Gasteiger partial charge on any atom is 0.0741 e. The van der Waals surface area contributed by atoms with Crippen LogP contribution in [0.2, 0.25) is 0 Å². The van der Waals surface area contributed by atoms with Crippen molar-refractivity contribution in [3.05, 3.63) is 35.5 Å². The third-order valence-corrected chi connectivity index (χ3v) is 2.80. The lowest BCUT2D eigenvalue weighted by Gasteiger charge is -2.06. The summed E-state index contributed by atoms with van der Waals surface area (Å²) in [5.74, 6) is 0. The van der Waals surface area contributed by atoms with Crippen LogP contribution in [0.25, 0.3) is 10.9 Å². The first kappa shape index (κ1) is 11.2. The second-order valence-electron chi connectivity index (χ2n) is 4.65. The van der Waals surface area contributed by atoms with Crippen LogP contribution < -0.4 is 0 Å². The summed E-state index contributed by atoms with van der Waals surface area (Å²) in [4.78, 5) is 0.